The van der Waals surface area contributed by atoms with E-state index in [9.17, 15) is 61.5 Å². The third-order valence-electron chi connectivity index (χ3n) is 3.86. The summed E-state index contributed by atoms with van der Waals surface area (Å²) in [4.78, 5) is 0. The second-order valence-corrected chi connectivity index (χ2v) is 11.6. The Morgan fingerprint density at radius 1 is 0.500 bits per heavy atom. The molecule has 2 radical (unpaired) electrons. The Morgan fingerprint density at radius 2 is 0.794 bits per heavy atom. The van der Waals surface area contributed by atoms with Crippen LogP contribution in [0.5, 0.6) is 0 Å². The number of halogens is 14. The van der Waals surface area contributed by atoms with E-state index in [1.165, 1.54) is 38.5 Å². The molecular weight excluding hydrogens is 617 g/mol. The van der Waals surface area contributed by atoms with Gasteiger partial charge in [-0.3, -0.25) is 0 Å². The minimum atomic E-state index is -6.16. The standard InChI is InChI=1S/C10H22O.2C4H2F7.Sn/c1-3-5-7-9-11-10-8-6-4-2;2*5-2(6)3(7,8)1-4(9,10)11;/h3-10H2,1-2H3;2*1H2;. The molecule has 0 heterocycles. The molecule has 0 aromatic rings. The molecule has 0 aromatic carbocycles. The van der Waals surface area contributed by atoms with Crippen LogP contribution in [0.4, 0.5) is 61.5 Å². The average Bonchev–Trinajstić information content (AvgIpc) is 2.56. The molecule has 1 nitrogen and oxygen atoms in total. The van der Waals surface area contributed by atoms with Gasteiger partial charge in [-0.2, -0.15) is 0 Å². The second-order valence-electron chi connectivity index (χ2n) is 7.29. The van der Waals surface area contributed by atoms with Gasteiger partial charge in [0.15, 0.2) is 0 Å². The van der Waals surface area contributed by atoms with Gasteiger partial charge in [-0.1, -0.05) is 39.5 Å². The molecule has 206 valence electrons. The van der Waals surface area contributed by atoms with Crippen LogP contribution < -0.4 is 0 Å². The summed E-state index contributed by atoms with van der Waals surface area (Å²) in [7, 11) is 0. The Bertz CT molecular complexity index is 500. The summed E-state index contributed by atoms with van der Waals surface area (Å²) in [6.45, 7) is 6.38. The Morgan fingerprint density at radius 3 is 1.03 bits per heavy atom. The van der Waals surface area contributed by atoms with Crippen LogP contribution in [-0.4, -0.2) is 66.4 Å². The minimum absolute atomic E-state index is 0.970. The zero-order chi connectivity index (χ0) is 27.5. The van der Waals surface area contributed by atoms with E-state index >= 15 is 0 Å². The van der Waals surface area contributed by atoms with Gasteiger partial charge in [0.25, 0.3) is 0 Å². The van der Waals surface area contributed by atoms with E-state index in [1.54, 1.807) is 0 Å². The molecule has 0 atom stereocenters. The van der Waals surface area contributed by atoms with Gasteiger partial charge < -0.3 is 4.74 Å². The Hall–Kier alpha value is -0.221. The van der Waals surface area contributed by atoms with E-state index in [-0.39, 0.29) is 0 Å². The van der Waals surface area contributed by atoms with Gasteiger partial charge >= 0.3 is 128 Å². The Balaban J connectivity index is 0. The van der Waals surface area contributed by atoms with Crippen LogP contribution in [0.25, 0.3) is 0 Å². The molecule has 0 saturated carbocycles. The molecule has 0 aromatic heterocycles. The summed E-state index contributed by atoms with van der Waals surface area (Å²) in [5.74, 6) is -12.3. The third-order valence-corrected chi connectivity index (χ3v) is 7.74. The summed E-state index contributed by atoms with van der Waals surface area (Å²) in [6, 6.07) is 0. The van der Waals surface area contributed by atoms with E-state index in [0.29, 0.717) is 0 Å². The van der Waals surface area contributed by atoms with Crippen LogP contribution in [0.2, 0.25) is 0 Å². The van der Waals surface area contributed by atoms with Gasteiger partial charge in [0.2, 0.25) is 0 Å². The van der Waals surface area contributed by atoms with Crippen molar-refractivity contribution in [3.8, 4) is 0 Å². The van der Waals surface area contributed by atoms with Gasteiger partial charge in [0, 0.05) is 13.2 Å². The molecular formula is C18H26F14OSn. The van der Waals surface area contributed by atoms with E-state index in [1.807, 2.05) is 0 Å². The summed E-state index contributed by atoms with van der Waals surface area (Å²) >= 11 is -5.79. The van der Waals surface area contributed by atoms with Gasteiger partial charge in [-0.25, -0.2) is 0 Å². The van der Waals surface area contributed by atoms with E-state index in [0.717, 1.165) is 13.2 Å². The van der Waals surface area contributed by atoms with E-state index in [2.05, 4.69) is 13.8 Å². The first-order chi connectivity index (χ1) is 15.0. The molecule has 16 heteroatoms. The molecule has 34 heavy (non-hydrogen) atoms. The van der Waals surface area contributed by atoms with Crippen molar-refractivity contribution in [3.05, 3.63) is 0 Å². The Kier molecular flexibility index (Phi) is 15.3. The first-order valence-corrected chi connectivity index (χ1v) is 12.9. The predicted molar refractivity (Wildman–Crippen MR) is 96.8 cm³/mol. The third kappa shape index (κ3) is 15.7. The maximum atomic E-state index is 12.9. The Labute approximate surface area is 198 Å². The van der Waals surface area contributed by atoms with Crippen LogP contribution >= 0.6 is 0 Å². The van der Waals surface area contributed by atoms with Crippen molar-refractivity contribution in [3.63, 3.8) is 0 Å². The van der Waals surface area contributed by atoms with Crippen molar-refractivity contribution in [1.82, 2.24) is 0 Å². The molecule has 0 fully saturated rings. The van der Waals surface area contributed by atoms with Gasteiger partial charge in [0.05, 0.1) is 0 Å². The van der Waals surface area contributed by atoms with E-state index < -0.39 is 66.1 Å². The fraction of sp³-hybridized carbons (Fsp3) is 1.00. The van der Waals surface area contributed by atoms with Crippen molar-refractivity contribution in [2.75, 3.05) is 13.2 Å². The van der Waals surface area contributed by atoms with Crippen LogP contribution in [0.3, 0.4) is 0 Å². The monoisotopic (exact) mass is 644 g/mol. The van der Waals surface area contributed by atoms with Crippen molar-refractivity contribution < 1.29 is 66.2 Å². The molecule has 0 aliphatic carbocycles. The van der Waals surface area contributed by atoms with Gasteiger partial charge in [-0.05, 0) is 12.8 Å². The molecule has 0 bridgehead atoms. The van der Waals surface area contributed by atoms with Crippen molar-refractivity contribution in [2.45, 2.75) is 97.3 Å². The van der Waals surface area contributed by atoms with Crippen LogP contribution in [0.1, 0.15) is 65.2 Å². The number of alkyl halides is 14. The first-order valence-electron chi connectivity index (χ1n) is 10.1. The SMILES string of the molecule is CCCCCOCCCCC.FC(F)(F)CC(F)(F)[C](F)(F)[Sn][C](F)(F)C(F)(F)CC(F)(F)F. The number of ether oxygens (including phenoxy) is 1. The van der Waals surface area contributed by atoms with Gasteiger partial charge in [0.1, 0.15) is 0 Å². The number of hydrogen-bond acceptors (Lipinski definition) is 1. The van der Waals surface area contributed by atoms with E-state index in [4.69, 9.17) is 4.74 Å². The molecule has 0 spiro atoms. The zero-order valence-corrected chi connectivity index (χ0v) is 21.1. The fourth-order valence-electron chi connectivity index (χ4n) is 2.12. The summed E-state index contributed by atoms with van der Waals surface area (Å²) in [5.41, 5.74) is 0. The zero-order valence-electron chi connectivity index (χ0n) is 18.3. The summed E-state index contributed by atoms with van der Waals surface area (Å²) in [5, 5.41) is 0. The first kappa shape index (κ1) is 35.9. The van der Waals surface area contributed by atoms with Crippen molar-refractivity contribution >= 4 is 21.1 Å². The molecule has 0 saturated heterocycles. The molecule has 0 rings (SSSR count). The predicted octanol–water partition coefficient (Wildman–Crippen LogP) is 8.44. The maximum absolute atomic E-state index is 12.9. The molecule has 0 aliphatic rings. The normalized spacial score (nSPS) is 14.1. The summed E-state index contributed by atoms with van der Waals surface area (Å²) in [6.07, 6.45) is -11.3. The van der Waals surface area contributed by atoms with Crippen molar-refractivity contribution in [2.24, 2.45) is 0 Å². The number of rotatable bonds is 14. The van der Waals surface area contributed by atoms with Crippen LogP contribution in [-0.2, 0) is 4.74 Å². The molecule has 0 amide bonds. The molecule has 0 unspecified atom stereocenters. The number of hydrogen-bond donors (Lipinski definition) is 0. The topological polar surface area (TPSA) is 9.23 Å². The number of unbranched alkanes of at least 4 members (excludes halogenated alkanes) is 4. The molecule has 0 aliphatic heterocycles. The quantitative estimate of drug-likeness (QED) is 0.105. The van der Waals surface area contributed by atoms with Crippen LogP contribution in [0.15, 0.2) is 0 Å². The van der Waals surface area contributed by atoms with Crippen molar-refractivity contribution in [1.29, 1.82) is 0 Å². The van der Waals surface area contributed by atoms with Crippen LogP contribution in [0, 0.1) is 0 Å². The average molecular weight is 643 g/mol. The fourth-order valence-corrected chi connectivity index (χ4v) is 4.79. The van der Waals surface area contributed by atoms with Gasteiger partial charge in [-0.15, -0.1) is 0 Å². The molecule has 0 N–H and O–H groups in total. The summed E-state index contributed by atoms with van der Waals surface area (Å²) < 4.78 is 166. The second kappa shape index (κ2) is 14.5.